The van der Waals surface area contributed by atoms with Crippen LogP contribution >= 0.6 is 11.3 Å². The first-order valence-corrected chi connectivity index (χ1v) is 10.5. The van der Waals surface area contributed by atoms with Gasteiger partial charge in [0.25, 0.3) is 0 Å². The molecule has 3 aromatic rings. The van der Waals surface area contributed by atoms with Gasteiger partial charge in [-0.05, 0) is 48.7 Å². The van der Waals surface area contributed by atoms with Gasteiger partial charge in [0.15, 0.2) is 11.5 Å². The molecule has 0 spiro atoms. The van der Waals surface area contributed by atoms with Crippen LogP contribution in [0, 0.1) is 0 Å². The van der Waals surface area contributed by atoms with E-state index in [1.54, 1.807) is 32.5 Å². The Hall–Kier alpha value is -2.86. The minimum absolute atomic E-state index is 0.0925. The summed E-state index contributed by atoms with van der Waals surface area (Å²) in [5, 5.41) is 3.14. The maximum absolute atomic E-state index is 11.9. The number of hydrogen-bond acceptors (Lipinski definition) is 5. The van der Waals surface area contributed by atoms with Crippen molar-refractivity contribution < 1.29 is 14.3 Å². The monoisotopic (exact) mass is 408 g/mol. The Morgan fingerprint density at radius 1 is 1.17 bits per heavy atom. The van der Waals surface area contributed by atoms with Crippen LogP contribution in [-0.2, 0) is 17.6 Å². The Balaban J connectivity index is 1.56. The van der Waals surface area contributed by atoms with Crippen LogP contribution in [-0.4, -0.2) is 31.2 Å². The molecule has 0 bridgehead atoms. The average molecular weight is 409 g/mol. The van der Waals surface area contributed by atoms with Crippen LogP contribution in [0.5, 0.6) is 11.5 Å². The number of benzene rings is 2. The van der Waals surface area contributed by atoms with E-state index < -0.39 is 0 Å². The van der Waals surface area contributed by atoms with E-state index in [9.17, 15) is 4.79 Å². The van der Waals surface area contributed by atoms with E-state index in [0.717, 1.165) is 51.9 Å². The van der Waals surface area contributed by atoms with Gasteiger partial charge < -0.3 is 14.4 Å². The summed E-state index contributed by atoms with van der Waals surface area (Å²) in [6, 6.07) is 12.4. The van der Waals surface area contributed by atoms with Gasteiger partial charge in [-0.15, -0.1) is 11.3 Å². The van der Waals surface area contributed by atoms with Gasteiger partial charge in [0, 0.05) is 36.0 Å². The molecule has 1 amide bonds. The molecule has 4 rings (SSSR count). The van der Waals surface area contributed by atoms with E-state index in [0.29, 0.717) is 0 Å². The minimum Gasteiger partial charge on any atom is -0.493 e. The molecule has 0 aliphatic carbocycles. The van der Waals surface area contributed by atoms with Gasteiger partial charge in [-0.2, -0.15) is 0 Å². The standard InChI is InChI=1S/C23H24N2O3S/c1-14-9-18-12-17(6-7-20(18)25(14)15(2)26)19-13-29-23(24-19)11-16-5-8-21(27-3)22(10-16)28-4/h5-8,10,12-14H,9,11H2,1-4H3/t14-/m0/s1. The molecule has 0 radical (unpaired) electrons. The summed E-state index contributed by atoms with van der Waals surface area (Å²) in [6.07, 6.45) is 1.62. The fourth-order valence-electron chi connectivity index (χ4n) is 3.96. The second kappa shape index (κ2) is 7.87. The molecule has 0 fully saturated rings. The number of aromatic nitrogens is 1. The third kappa shape index (κ3) is 3.72. The molecule has 2 heterocycles. The second-order valence-corrected chi connectivity index (χ2v) is 8.22. The predicted molar refractivity (Wildman–Crippen MR) is 116 cm³/mol. The molecular formula is C23H24N2O3S. The molecule has 1 aliphatic rings. The van der Waals surface area contributed by atoms with E-state index in [4.69, 9.17) is 14.5 Å². The predicted octanol–water partition coefficient (Wildman–Crippen LogP) is 4.72. The highest BCUT2D eigenvalue weighted by atomic mass is 32.1. The molecule has 150 valence electrons. The van der Waals surface area contributed by atoms with Gasteiger partial charge in [-0.1, -0.05) is 12.1 Å². The number of rotatable bonds is 5. The van der Waals surface area contributed by atoms with Crippen molar-refractivity contribution in [1.82, 2.24) is 4.98 Å². The van der Waals surface area contributed by atoms with E-state index in [-0.39, 0.29) is 11.9 Å². The summed E-state index contributed by atoms with van der Waals surface area (Å²) in [4.78, 5) is 18.7. The molecule has 0 saturated heterocycles. The summed E-state index contributed by atoms with van der Waals surface area (Å²) >= 11 is 1.65. The Labute approximate surface area is 174 Å². The molecule has 1 aliphatic heterocycles. The third-order valence-corrected chi connectivity index (χ3v) is 6.13. The maximum atomic E-state index is 11.9. The Morgan fingerprint density at radius 3 is 2.69 bits per heavy atom. The number of nitrogens with zero attached hydrogens (tertiary/aromatic N) is 2. The Bertz CT molecular complexity index is 1060. The van der Waals surface area contributed by atoms with E-state index in [1.807, 2.05) is 29.2 Å². The lowest BCUT2D eigenvalue weighted by atomic mass is 10.1. The highest BCUT2D eigenvalue weighted by molar-refractivity contribution is 7.10. The number of hydrogen-bond donors (Lipinski definition) is 0. The number of carbonyl (C=O) groups is 1. The van der Waals surface area contributed by atoms with Crippen molar-refractivity contribution in [2.45, 2.75) is 32.7 Å². The zero-order valence-electron chi connectivity index (χ0n) is 17.1. The molecule has 0 unspecified atom stereocenters. The largest absolute Gasteiger partial charge is 0.493 e. The Kier molecular flexibility index (Phi) is 5.28. The number of anilines is 1. The summed E-state index contributed by atoms with van der Waals surface area (Å²) < 4.78 is 10.7. The SMILES string of the molecule is COc1ccc(Cc2nc(-c3ccc4c(c3)C[C@H](C)N4C(C)=O)cs2)cc1OC. The fraction of sp³-hybridized carbons (Fsp3) is 0.304. The quantitative estimate of drug-likeness (QED) is 0.613. The highest BCUT2D eigenvalue weighted by Gasteiger charge is 2.29. The van der Waals surface area contributed by atoms with Crippen LogP contribution in [0.4, 0.5) is 5.69 Å². The van der Waals surface area contributed by atoms with Crippen LogP contribution in [0.15, 0.2) is 41.8 Å². The number of amides is 1. The molecule has 1 atom stereocenters. The summed E-state index contributed by atoms with van der Waals surface area (Å²) in [6.45, 7) is 3.71. The van der Waals surface area contributed by atoms with Crippen LogP contribution < -0.4 is 14.4 Å². The zero-order chi connectivity index (χ0) is 20.5. The maximum Gasteiger partial charge on any atom is 0.224 e. The first-order valence-electron chi connectivity index (χ1n) is 9.58. The molecule has 5 nitrogen and oxygen atoms in total. The lowest BCUT2D eigenvalue weighted by Gasteiger charge is -2.20. The van der Waals surface area contributed by atoms with Gasteiger partial charge in [0.1, 0.15) is 0 Å². The van der Waals surface area contributed by atoms with Crippen molar-refractivity contribution in [2.24, 2.45) is 0 Å². The topological polar surface area (TPSA) is 51.7 Å². The van der Waals surface area contributed by atoms with Gasteiger partial charge in [0.05, 0.1) is 24.9 Å². The normalized spacial score (nSPS) is 15.3. The molecular weight excluding hydrogens is 384 g/mol. The van der Waals surface area contributed by atoms with Crippen LogP contribution in [0.1, 0.15) is 30.0 Å². The average Bonchev–Trinajstić information content (AvgIpc) is 3.30. The zero-order valence-corrected chi connectivity index (χ0v) is 17.9. The first-order chi connectivity index (χ1) is 14.0. The van der Waals surface area contributed by atoms with Crippen molar-refractivity contribution in [1.29, 1.82) is 0 Å². The minimum atomic E-state index is 0.0925. The third-order valence-electron chi connectivity index (χ3n) is 5.29. The van der Waals surface area contributed by atoms with Gasteiger partial charge >= 0.3 is 0 Å². The molecule has 2 aromatic carbocycles. The fourth-order valence-corrected chi connectivity index (χ4v) is 4.80. The van der Waals surface area contributed by atoms with Gasteiger partial charge in [-0.25, -0.2) is 4.98 Å². The molecule has 0 N–H and O–H groups in total. The molecule has 0 saturated carbocycles. The smallest absolute Gasteiger partial charge is 0.224 e. The van der Waals surface area contributed by atoms with E-state index in [2.05, 4.69) is 24.4 Å². The Morgan fingerprint density at radius 2 is 1.97 bits per heavy atom. The number of ether oxygens (including phenoxy) is 2. The second-order valence-electron chi connectivity index (χ2n) is 7.28. The number of thiazole rings is 1. The van der Waals surface area contributed by atoms with Crippen molar-refractivity contribution in [3.8, 4) is 22.8 Å². The van der Waals surface area contributed by atoms with Crippen LogP contribution in [0.3, 0.4) is 0 Å². The summed E-state index contributed by atoms with van der Waals surface area (Å²) in [5.41, 5.74) is 5.43. The number of carbonyl (C=O) groups excluding carboxylic acids is 1. The van der Waals surface area contributed by atoms with E-state index >= 15 is 0 Å². The molecule has 29 heavy (non-hydrogen) atoms. The van der Waals surface area contributed by atoms with Crippen LogP contribution in [0.25, 0.3) is 11.3 Å². The van der Waals surface area contributed by atoms with Crippen molar-refractivity contribution >= 4 is 22.9 Å². The highest BCUT2D eigenvalue weighted by Crippen LogP contribution is 2.36. The first kappa shape index (κ1) is 19.5. The lowest BCUT2D eigenvalue weighted by Crippen LogP contribution is -2.33. The number of methoxy groups -OCH3 is 2. The van der Waals surface area contributed by atoms with Crippen molar-refractivity contribution in [3.63, 3.8) is 0 Å². The van der Waals surface area contributed by atoms with Gasteiger partial charge in [0.2, 0.25) is 5.91 Å². The summed E-state index contributed by atoms with van der Waals surface area (Å²) in [7, 11) is 3.28. The van der Waals surface area contributed by atoms with Crippen LogP contribution in [0.2, 0.25) is 0 Å². The summed E-state index contributed by atoms with van der Waals surface area (Å²) in [5.74, 6) is 1.54. The van der Waals surface area contributed by atoms with Crippen molar-refractivity contribution in [2.75, 3.05) is 19.1 Å². The van der Waals surface area contributed by atoms with E-state index in [1.165, 1.54) is 5.56 Å². The lowest BCUT2D eigenvalue weighted by molar-refractivity contribution is -0.116. The number of fused-ring (bicyclic) bond motifs is 1. The van der Waals surface area contributed by atoms with Gasteiger partial charge in [-0.3, -0.25) is 4.79 Å². The molecule has 1 aromatic heterocycles. The van der Waals surface area contributed by atoms with Crippen molar-refractivity contribution in [3.05, 3.63) is 57.9 Å². The molecule has 6 heteroatoms.